The molecular weight excluding hydrogens is 388 g/mol. The molecule has 5 rings (SSSR count). The zero-order valence-corrected chi connectivity index (χ0v) is 20.0. The van der Waals surface area contributed by atoms with Crippen molar-refractivity contribution in [2.75, 3.05) is 13.7 Å². The molecule has 6 nitrogen and oxygen atoms in total. The summed E-state index contributed by atoms with van der Waals surface area (Å²) in [5.74, 6) is 5.67. The quantitative estimate of drug-likeness (QED) is 0.726. The Morgan fingerprint density at radius 3 is 2.68 bits per heavy atom. The standard InChI is InChI=1S/C25H43N4O2/c1-17(14-29-27-26-16-28(29)3)22-7-8-23-21-6-5-18-13-25(30,15-31-4)12-10-19(18)20(21)9-11-24(22,23)2/h16-23,30H,5-15H2,1-4H3/q+1/t17-,18-,19+,20-,21-,22-,23+,24-,25-/m1/s1. The van der Waals surface area contributed by atoms with Crippen molar-refractivity contribution in [2.45, 2.75) is 83.8 Å². The van der Waals surface area contributed by atoms with E-state index in [1.165, 1.54) is 44.9 Å². The largest absolute Gasteiger partial charge is 0.387 e. The second-order valence-corrected chi connectivity index (χ2v) is 12.0. The van der Waals surface area contributed by atoms with E-state index in [1.54, 1.807) is 13.4 Å². The van der Waals surface area contributed by atoms with Crippen LogP contribution in [0.2, 0.25) is 0 Å². The average Bonchev–Trinajstić information content (AvgIpc) is 3.30. The highest BCUT2D eigenvalue weighted by Gasteiger charge is 2.58. The minimum Gasteiger partial charge on any atom is -0.387 e. The van der Waals surface area contributed by atoms with Gasteiger partial charge in [-0.15, -0.1) is 0 Å². The molecule has 1 aromatic heterocycles. The maximum absolute atomic E-state index is 11.0. The fourth-order valence-corrected chi connectivity index (χ4v) is 9.17. The van der Waals surface area contributed by atoms with Crippen molar-refractivity contribution in [1.29, 1.82) is 0 Å². The highest BCUT2D eigenvalue weighted by molar-refractivity contribution is 5.07. The third kappa shape index (κ3) is 3.66. The van der Waals surface area contributed by atoms with E-state index >= 15 is 0 Å². The van der Waals surface area contributed by atoms with E-state index in [9.17, 15) is 5.11 Å². The van der Waals surface area contributed by atoms with E-state index in [2.05, 4.69) is 24.2 Å². The van der Waals surface area contributed by atoms with Crippen molar-refractivity contribution in [2.24, 2.45) is 53.9 Å². The Bertz CT molecular complexity index is 783. The molecule has 4 aliphatic carbocycles. The van der Waals surface area contributed by atoms with Crippen molar-refractivity contribution < 1.29 is 14.5 Å². The van der Waals surface area contributed by atoms with Crippen LogP contribution in [0.15, 0.2) is 6.33 Å². The number of tetrazole rings is 1. The van der Waals surface area contributed by atoms with Crippen LogP contribution in [0.4, 0.5) is 0 Å². The smallest absolute Gasteiger partial charge is 0.288 e. The zero-order chi connectivity index (χ0) is 21.8. The monoisotopic (exact) mass is 431 g/mol. The van der Waals surface area contributed by atoms with Crippen LogP contribution < -0.4 is 4.68 Å². The van der Waals surface area contributed by atoms with E-state index in [4.69, 9.17) is 4.74 Å². The molecule has 0 amide bonds. The summed E-state index contributed by atoms with van der Waals surface area (Å²) >= 11 is 0. The Kier molecular flexibility index (Phi) is 5.69. The van der Waals surface area contributed by atoms with Gasteiger partial charge in [0, 0.05) is 7.11 Å². The number of methoxy groups -OCH3 is 1. The van der Waals surface area contributed by atoms with Gasteiger partial charge in [-0.2, -0.15) is 4.68 Å². The van der Waals surface area contributed by atoms with E-state index in [-0.39, 0.29) is 0 Å². The summed E-state index contributed by atoms with van der Waals surface area (Å²) in [6.45, 7) is 6.56. The van der Waals surface area contributed by atoms with Gasteiger partial charge in [0.15, 0.2) is 5.21 Å². The Morgan fingerprint density at radius 2 is 1.94 bits per heavy atom. The van der Waals surface area contributed by atoms with Gasteiger partial charge in [-0.25, -0.2) is 0 Å². The first-order valence-electron chi connectivity index (χ1n) is 12.8. The van der Waals surface area contributed by atoms with Crippen LogP contribution in [-0.2, 0) is 18.3 Å². The van der Waals surface area contributed by atoms with Gasteiger partial charge in [0.05, 0.1) is 25.8 Å². The molecule has 0 bridgehead atoms. The lowest BCUT2D eigenvalue weighted by molar-refractivity contribution is -0.759. The topological polar surface area (TPSA) is 64.0 Å². The van der Waals surface area contributed by atoms with Crippen LogP contribution in [0.1, 0.15) is 71.6 Å². The summed E-state index contributed by atoms with van der Waals surface area (Å²) in [6, 6.07) is 0. The number of aromatic nitrogens is 4. The zero-order valence-electron chi connectivity index (χ0n) is 20.0. The predicted octanol–water partition coefficient (Wildman–Crippen LogP) is 3.39. The Labute approximate surface area is 187 Å². The number of nitrogens with zero attached hydrogens (tertiary/aromatic N) is 4. The molecule has 0 aliphatic heterocycles. The molecule has 1 N–H and O–H groups in total. The van der Waals surface area contributed by atoms with Crippen molar-refractivity contribution in [1.82, 2.24) is 15.1 Å². The van der Waals surface area contributed by atoms with Gasteiger partial charge in [-0.3, -0.25) is 0 Å². The third-order valence-corrected chi connectivity index (χ3v) is 10.5. The number of ether oxygens (including phenoxy) is 1. The van der Waals surface area contributed by atoms with Crippen LogP contribution in [-0.4, -0.2) is 39.5 Å². The van der Waals surface area contributed by atoms with Crippen LogP contribution in [0.3, 0.4) is 0 Å². The first-order valence-corrected chi connectivity index (χ1v) is 12.8. The summed E-state index contributed by atoms with van der Waals surface area (Å²) in [6.07, 6.45) is 13.2. The summed E-state index contributed by atoms with van der Waals surface area (Å²) in [5, 5.41) is 19.3. The first kappa shape index (κ1) is 21.8. The molecule has 31 heavy (non-hydrogen) atoms. The highest BCUT2D eigenvalue weighted by Crippen LogP contribution is 2.65. The summed E-state index contributed by atoms with van der Waals surface area (Å²) in [5.41, 5.74) is -0.0879. The Balaban J connectivity index is 1.29. The van der Waals surface area contributed by atoms with E-state index < -0.39 is 5.60 Å². The molecule has 0 radical (unpaired) electrons. The van der Waals surface area contributed by atoms with Crippen LogP contribution in [0, 0.1) is 46.8 Å². The molecule has 4 fully saturated rings. The molecule has 4 aliphatic rings. The van der Waals surface area contributed by atoms with Gasteiger partial charge in [-0.05, 0) is 105 Å². The molecular formula is C25H43N4O2+. The highest BCUT2D eigenvalue weighted by atomic mass is 16.5. The molecule has 4 saturated carbocycles. The number of hydrogen-bond acceptors (Lipinski definition) is 4. The number of rotatable bonds is 5. The van der Waals surface area contributed by atoms with Gasteiger partial charge in [-0.1, -0.05) is 18.6 Å². The fraction of sp³-hybridized carbons (Fsp3) is 0.960. The fourth-order valence-electron chi connectivity index (χ4n) is 9.17. The lowest BCUT2D eigenvalue weighted by Gasteiger charge is -2.57. The minimum atomic E-state index is -0.572. The lowest BCUT2D eigenvalue weighted by atomic mass is 9.48. The maximum Gasteiger partial charge on any atom is 0.288 e. The average molecular weight is 432 g/mol. The van der Waals surface area contributed by atoms with Crippen molar-refractivity contribution in [3.8, 4) is 0 Å². The predicted molar refractivity (Wildman–Crippen MR) is 118 cm³/mol. The third-order valence-electron chi connectivity index (χ3n) is 10.5. The summed E-state index contributed by atoms with van der Waals surface area (Å²) in [4.78, 5) is 2.03. The van der Waals surface area contributed by atoms with Crippen molar-refractivity contribution in [3.63, 3.8) is 0 Å². The number of aliphatic hydroxyl groups is 1. The minimum absolute atomic E-state index is 0.484. The normalized spacial score (nSPS) is 45.6. The van der Waals surface area contributed by atoms with Gasteiger partial charge in [0.25, 0.3) is 6.33 Å². The number of fused-ring (bicyclic) bond motifs is 5. The molecule has 6 heteroatoms. The second-order valence-electron chi connectivity index (χ2n) is 12.0. The molecule has 0 aromatic carbocycles. The molecule has 0 spiro atoms. The molecule has 1 aromatic rings. The van der Waals surface area contributed by atoms with E-state index in [1.807, 2.05) is 16.5 Å². The maximum atomic E-state index is 11.0. The van der Waals surface area contributed by atoms with Gasteiger partial charge in [0.2, 0.25) is 0 Å². The van der Waals surface area contributed by atoms with Crippen molar-refractivity contribution in [3.05, 3.63) is 6.33 Å². The molecule has 0 saturated heterocycles. The Morgan fingerprint density at radius 1 is 1.13 bits per heavy atom. The molecule has 9 atom stereocenters. The van der Waals surface area contributed by atoms with Gasteiger partial charge >= 0.3 is 0 Å². The van der Waals surface area contributed by atoms with Crippen molar-refractivity contribution >= 4 is 0 Å². The van der Waals surface area contributed by atoms with Gasteiger partial charge in [0.1, 0.15) is 5.10 Å². The first-order chi connectivity index (χ1) is 14.8. The molecule has 0 unspecified atom stereocenters. The Hall–Kier alpha value is -1.01. The summed E-state index contributed by atoms with van der Waals surface area (Å²) < 4.78 is 7.37. The number of hydrogen-bond donors (Lipinski definition) is 1. The number of aryl methyl sites for hydroxylation is 1. The second kappa shape index (κ2) is 8.09. The molecule has 174 valence electrons. The van der Waals surface area contributed by atoms with Crippen LogP contribution in [0.25, 0.3) is 0 Å². The van der Waals surface area contributed by atoms with Gasteiger partial charge < -0.3 is 9.84 Å². The summed E-state index contributed by atoms with van der Waals surface area (Å²) in [7, 11) is 3.76. The van der Waals surface area contributed by atoms with Crippen LogP contribution in [0.5, 0.6) is 0 Å². The SMILES string of the molecule is COC[C@@]1(O)CC[C@H]2[C@H](CC[C@@H]3[C@@H]2CC[C@]2(C)[C@@H]([C@H](C)Cn4nnc[n+]4C)CC[C@@H]32)C1. The molecule has 1 heterocycles. The lowest BCUT2D eigenvalue weighted by Crippen LogP contribution is -2.52. The van der Waals surface area contributed by atoms with Crippen LogP contribution >= 0.6 is 0 Å². The van der Waals surface area contributed by atoms with E-state index in [0.717, 1.165) is 49.0 Å². The van der Waals surface area contributed by atoms with E-state index in [0.29, 0.717) is 23.9 Å².